The van der Waals surface area contributed by atoms with E-state index in [1.165, 1.54) is 44.1 Å². The predicted octanol–water partition coefficient (Wildman–Crippen LogP) is 4.36. The fourth-order valence-electron chi connectivity index (χ4n) is 4.51. The molecule has 0 heterocycles. The van der Waals surface area contributed by atoms with Gasteiger partial charge in [-0.15, -0.1) is 0 Å². The van der Waals surface area contributed by atoms with Crippen LogP contribution in [0.4, 0.5) is 0 Å². The fourth-order valence-corrected chi connectivity index (χ4v) is 4.64. The topological polar surface area (TPSA) is 12.0 Å². The van der Waals surface area contributed by atoms with Crippen LogP contribution in [-0.4, -0.2) is 12.1 Å². The van der Waals surface area contributed by atoms with Gasteiger partial charge in [0.2, 0.25) is 0 Å². The molecule has 1 aromatic carbocycles. The Balaban J connectivity index is 1.30. The summed E-state index contributed by atoms with van der Waals surface area (Å²) >= 11 is 5.94. The molecule has 0 aromatic heterocycles. The van der Waals surface area contributed by atoms with E-state index in [0.29, 0.717) is 0 Å². The van der Waals surface area contributed by atoms with Crippen molar-refractivity contribution in [2.75, 3.05) is 0 Å². The molecule has 19 heavy (non-hydrogen) atoms. The van der Waals surface area contributed by atoms with Gasteiger partial charge in [0.25, 0.3) is 0 Å². The van der Waals surface area contributed by atoms with E-state index in [0.717, 1.165) is 34.9 Å². The van der Waals surface area contributed by atoms with Crippen LogP contribution in [0.1, 0.15) is 50.0 Å². The Morgan fingerprint density at radius 1 is 0.947 bits per heavy atom. The lowest BCUT2D eigenvalue weighted by atomic mass is 9.75. The van der Waals surface area contributed by atoms with Crippen molar-refractivity contribution < 1.29 is 0 Å². The normalized spacial score (nSPS) is 40.4. The SMILES string of the molecule is Clc1ccc(C2CC(NC3CC4CCC3C4)C2)cc1. The van der Waals surface area contributed by atoms with Gasteiger partial charge >= 0.3 is 0 Å². The van der Waals surface area contributed by atoms with E-state index in [-0.39, 0.29) is 0 Å². The summed E-state index contributed by atoms with van der Waals surface area (Å²) in [5.41, 5.74) is 1.47. The van der Waals surface area contributed by atoms with Crippen molar-refractivity contribution in [1.82, 2.24) is 5.32 Å². The van der Waals surface area contributed by atoms with E-state index in [9.17, 15) is 0 Å². The van der Waals surface area contributed by atoms with Gasteiger partial charge in [0.1, 0.15) is 0 Å². The first-order chi connectivity index (χ1) is 9.28. The minimum Gasteiger partial charge on any atom is -0.311 e. The number of nitrogens with one attached hydrogen (secondary N) is 1. The highest BCUT2D eigenvalue weighted by molar-refractivity contribution is 6.30. The third-order valence-corrected chi connectivity index (χ3v) is 5.92. The van der Waals surface area contributed by atoms with Crippen LogP contribution in [0.15, 0.2) is 24.3 Å². The van der Waals surface area contributed by atoms with E-state index in [2.05, 4.69) is 17.4 Å². The molecule has 0 spiro atoms. The third-order valence-electron chi connectivity index (χ3n) is 5.67. The molecule has 0 amide bonds. The molecule has 1 nitrogen and oxygen atoms in total. The van der Waals surface area contributed by atoms with Crippen molar-refractivity contribution in [3.63, 3.8) is 0 Å². The first kappa shape index (κ1) is 12.2. The number of rotatable bonds is 3. The predicted molar refractivity (Wildman–Crippen MR) is 79.6 cm³/mol. The van der Waals surface area contributed by atoms with Crippen LogP contribution in [0.5, 0.6) is 0 Å². The molecule has 3 aliphatic rings. The molecule has 3 fully saturated rings. The summed E-state index contributed by atoms with van der Waals surface area (Å²) in [6, 6.07) is 10.0. The van der Waals surface area contributed by atoms with Crippen LogP contribution in [-0.2, 0) is 0 Å². The second-order valence-electron chi connectivity index (χ2n) is 6.86. The minimum absolute atomic E-state index is 0.758. The Labute approximate surface area is 120 Å². The Morgan fingerprint density at radius 3 is 2.37 bits per heavy atom. The highest BCUT2D eigenvalue weighted by Gasteiger charge is 2.41. The van der Waals surface area contributed by atoms with Crippen molar-refractivity contribution in [3.8, 4) is 0 Å². The summed E-state index contributed by atoms with van der Waals surface area (Å²) in [6.07, 6.45) is 8.57. The van der Waals surface area contributed by atoms with Gasteiger partial charge in [-0.3, -0.25) is 0 Å². The molecular formula is C17H22ClN. The van der Waals surface area contributed by atoms with Crippen molar-refractivity contribution in [3.05, 3.63) is 34.9 Å². The lowest BCUT2D eigenvalue weighted by Gasteiger charge is -2.40. The lowest BCUT2D eigenvalue weighted by molar-refractivity contribution is 0.229. The maximum atomic E-state index is 5.94. The molecule has 3 atom stereocenters. The van der Waals surface area contributed by atoms with Crippen LogP contribution < -0.4 is 5.32 Å². The second-order valence-corrected chi connectivity index (χ2v) is 7.30. The molecule has 0 saturated heterocycles. The zero-order valence-electron chi connectivity index (χ0n) is 11.3. The maximum absolute atomic E-state index is 5.94. The summed E-state index contributed by atoms with van der Waals surface area (Å²) in [4.78, 5) is 0. The van der Waals surface area contributed by atoms with E-state index < -0.39 is 0 Å². The average molecular weight is 276 g/mol. The summed E-state index contributed by atoms with van der Waals surface area (Å²) in [6.45, 7) is 0. The van der Waals surface area contributed by atoms with Crippen LogP contribution in [0, 0.1) is 11.8 Å². The molecule has 3 unspecified atom stereocenters. The largest absolute Gasteiger partial charge is 0.311 e. The minimum atomic E-state index is 0.758. The summed E-state index contributed by atoms with van der Waals surface area (Å²) in [5.74, 6) is 2.81. The Kier molecular flexibility index (Phi) is 3.08. The molecule has 102 valence electrons. The highest BCUT2D eigenvalue weighted by Crippen LogP contribution is 2.46. The average Bonchev–Trinajstić information content (AvgIpc) is 2.97. The number of halogens is 1. The molecular weight excluding hydrogens is 254 g/mol. The van der Waals surface area contributed by atoms with Gasteiger partial charge in [0.05, 0.1) is 0 Å². The van der Waals surface area contributed by atoms with Crippen molar-refractivity contribution >= 4 is 11.6 Å². The number of hydrogen-bond acceptors (Lipinski definition) is 1. The van der Waals surface area contributed by atoms with Gasteiger partial charge < -0.3 is 5.32 Å². The van der Waals surface area contributed by atoms with Gasteiger partial charge in [-0.1, -0.05) is 30.2 Å². The van der Waals surface area contributed by atoms with Gasteiger partial charge in [0.15, 0.2) is 0 Å². The molecule has 0 radical (unpaired) electrons. The first-order valence-electron chi connectivity index (χ1n) is 7.79. The molecule has 4 rings (SSSR count). The molecule has 1 N–H and O–H groups in total. The van der Waals surface area contributed by atoms with E-state index >= 15 is 0 Å². The maximum Gasteiger partial charge on any atom is 0.0406 e. The highest BCUT2D eigenvalue weighted by atomic mass is 35.5. The quantitative estimate of drug-likeness (QED) is 0.864. The van der Waals surface area contributed by atoms with Crippen molar-refractivity contribution in [1.29, 1.82) is 0 Å². The monoisotopic (exact) mass is 275 g/mol. The number of fused-ring (bicyclic) bond motifs is 2. The summed E-state index contributed by atoms with van der Waals surface area (Å²) < 4.78 is 0. The van der Waals surface area contributed by atoms with Gasteiger partial charge in [-0.25, -0.2) is 0 Å². The fraction of sp³-hybridized carbons (Fsp3) is 0.647. The Morgan fingerprint density at radius 2 is 1.74 bits per heavy atom. The van der Waals surface area contributed by atoms with Gasteiger partial charge in [0, 0.05) is 17.1 Å². The van der Waals surface area contributed by atoms with E-state index in [1.807, 2.05) is 12.1 Å². The molecule has 2 bridgehead atoms. The van der Waals surface area contributed by atoms with Gasteiger partial charge in [-0.05, 0) is 67.6 Å². The summed E-state index contributed by atoms with van der Waals surface area (Å²) in [5, 5.41) is 4.78. The second kappa shape index (κ2) is 4.79. The first-order valence-corrected chi connectivity index (χ1v) is 8.17. The molecule has 2 heteroatoms. The zero-order valence-corrected chi connectivity index (χ0v) is 12.1. The Bertz CT molecular complexity index is 449. The lowest BCUT2D eigenvalue weighted by Crippen LogP contribution is -2.47. The van der Waals surface area contributed by atoms with Gasteiger partial charge in [-0.2, -0.15) is 0 Å². The van der Waals surface area contributed by atoms with Crippen LogP contribution in [0.2, 0.25) is 5.02 Å². The van der Waals surface area contributed by atoms with Crippen LogP contribution >= 0.6 is 11.6 Å². The number of benzene rings is 1. The van der Waals surface area contributed by atoms with E-state index in [1.54, 1.807) is 0 Å². The zero-order chi connectivity index (χ0) is 12.8. The van der Waals surface area contributed by atoms with Crippen molar-refractivity contribution in [2.24, 2.45) is 11.8 Å². The molecule has 3 aliphatic carbocycles. The molecule has 3 saturated carbocycles. The summed E-state index contributed by atoms with van der Waals surface area (Å²) in [7, 11) is 0. The number of hydrogen-bond donors (Lipinski definition) is 1. The van der Waals surface area contributed by atoms with E-state index in [4.69, 9.17) is 11.6 Å². The molecule has 1 aromatic rings. The smallest absolute Gasteiger partial charge is 0.0406 e. The Hall–Kier alpha value is -0.530. The standard InChI is InChI=1S/C17H22ClN/c18-15-5-3-12(4-6-15)14-9-16(10-14)19-17-8-11-1-2-13(17)7-11/h3-6,11,13-14,16-17,19H,1-2,7-10H2. The van der Waals surface area contributed by atoms with Crippen LogP contribution in [0.25, 0.3) is 0 Å². The van der Waals surface area contributed by atoms with Crippen LogP contribution in [0.3, 0.4) is 0 Å². The van der Waals surface area contributed by atoms with Crippen molar-refractivity contribution in [2.45, 2.75) is 56.5 Å². The molecule has 0 aliphatic heterocycles. The third kappa shape index (κ3) is 2.32.